The zero-order valence-electron chi connectivity index (χ0n) is 16.2. The second kappa shape index (κ2) is 5.09. The van der Waals surface area contributed by atoms with Crippen LogP contribution in [0.5, 0.6) is 5.75 Å². The topological polar surface area (TPSA) is 70.1 Å². The first kappa shape index (κ1) is 16.8. The number of carbonyl (C=O) groups excluding carboxylic acids is 2. The van der Waals surface area contributed by atoms with Crippen LogP contribution in [0, 0.1) is 5.41 Å². The van der Waals surface area contributed by atoms with Crippen molar-refractivity contribution in [1.82, 2.24) is 4.90 Å². The number of amides is 1. The SMILES string of the molecule is CCC(=O)N1c2c(O)cccc2[C@]23CCN4CCC[C@@]5(CC[C@@H]12)CC(=O)O[C@@]453. The van der Waals surface area contributed by atoms with Crippen molar-refractivity contribution < 1.29 is 19.4 Å². The number of phenols is 1. The highest BCUT2D eigenvalue weighted by Crippen LogP contribution is 2.74. The van der Waals surface area contributed by atoms with E-state index in [4.69, 9.17) is 4.74 Å². The van der Waals surface area contributed by atoms with Gasteiger partial charge in [-0.3, -0.25) is 14.5 Å². The number of anilines is 1. The van der Waals surface area contributed by atoms with E-state index in [9.17, 15) is 14.7 Å². The number of para-hydroxylation sites is 1. The van der Waals surface area contributed by atoms with Crippen molar-refractivity contribution in [1.29, 1.82) is 0 Å². The number of nitrogens with zero attached hydrogens (tertiary/aromatic N) is 2. The average molecular weight is 382 g/mol. The minimum atomic E-state index is -0.677. The number of rotatable bonds is 1. The molecule has 6 heteroatoms. The van der Waals surface area contributed by atoms with Crippen LogP contribution in [-0.4, -0.2) is 46.7 Å². The molecule has 0 aromatic heterocycles. The number of hydrogen-bond donors (Lipinski definition) is 1. The number of esters is 1. The average Bonchev–Trinajstić information content (AvgIpc) is 3.28. The molecule has 4 fully saturated rings. The fourth-order valence-corrected chi connectivity index (χ4v) is 7.78. The van der Waals surface area contributed by atoms with Gasteiger partial charge in [-0.1, -0.05) is 19.1 Å². The van der Waals surface area contributed by atoms with Gasteiger partial charge in [0.15, 0.2) is 5.72 Å². The van der Waals surface area contributed by atoms with E-state index in [0.29, 0.717) is 18.5 Å². The third-order valence-corrected chi connectivity index (χ3v) is 8.46. The smallest absolute Gasteiger partial charge is 0.308 e. The quantitative estimate of drug-likeness (QED) is 0.757. The summed E-state index contributed by atoms with van der Waals surface area (Å²) in [6.45, 7) is 3.67. The summed E-state index contributed by atoms with van der Waals surface area (Å²) in [6.07, 6.45) is 5.56. The van der Waals surface area contributed by atoms with Gasteiger partial charge < -0.3 is 14.7 Å². The predicted octanol–water partition coefficient (Wildman–Crippen LogP) is 2.68. The van der Waals surface area contributed by atoms with E-state index in [0.717, 1.165) is 50.8 Å². The fourth-order valence-electron chi connectivity index (χ4n) is 7.78. The molecule has 1 amide bonds. The van der Waals surface area contributed by atoms with Gasteiger partial charge in [0.2, 0.25) is 5.91 Å². The van der Waals surface area contributed by atoms with Crippen LogP contribution >= 0.6 is 0 Å². The van der Waals surface area contributed by atoms with E-state index in [2.05, 4.69) is 11.0 Å². The fraction of sp³-hybridized carbons (Fsp3) is 0.636. The highest BCUT2D eigenvalue weighted by molar-refractivity contribution is 5.99. The molecular weight excluding hydrogens is 356 g/mol. The number of fused-ring (bicyclic) bond motifs is 1. The van der Waals surface area contributed by atoms with E-state index in [-0.39, 0.29) is 29.1 Å². The standard InChI is InChI=1S/C22H26N2O4/c1-2-17(26)24-16-7-9-20-8-4-11-23-12-10-21(16,22(20,23)28-18(27)13-20)14-5-3-6-15(25)19(14)24/h3,5-6,16,25H,2,4,7-13H2,1H3/t16-,20-,21-,22+/m1/s1. The van der Waals surface area contributed by atoms with Crippen molar-refractivity contribution >= 4 is 17.6 Å². The summed E-state index contributed by atoms with van der Waals surface area (Å²) in [5, 5.41) is 10.8. The van der Waals surface area contributed by atoms with Crippen molar-refractivity contribution in [3.8, 4) is 5.75 Å². The number of carbonyl (C=O) groups is 2. The maximum atomic E-state index is 13.1. The molecule has 3 saturated heterocycles. The molecule has 6 rings (SSSR count). The van der Waals surface area contributed by atoms with Crippen LogP contribution in [0.1, 0.15) is 57.4 Å². The van der Waals surface area contributed by atoms with E-state index in [1.54, 1.807) is 6.07 Å². The molecule has 28 heavy (non-hydrogen) atoms. The normalized spacial score (nSPS) is 40.5. The number of ether oxygens (including phenoxy) is 1. The van der Waals surface area contributed by atoms with Gasteiger partial charge in [-0.25, -0.2) is 0 Å². The Kier molecular flexibility index (Phi) is 3.06. The summed E-state index contributed by atoms with van der Waals surface area (Å²) in [7, 11) is 0. The van der Waals surface area contributed by atoms with Crippen molar-refractivity contribution in [2.45, 2.75) is 69.1 Å². The number of piperidine rings is 1. The molecule has 4 aliphatic heterocycles. The Hall–Kier alpha value is -2.08. The van der Waals surface area contributed by atoms with Crippen molar-refractivity contribution in [3.05, 3.63) is 23.8 Å². The van der Waals surface area contributed by atoms with Crippen LogP contribution < -0.4 is 4.90 Å². The number of hydrogen-bond acceptors (Lipinski definition) is 5. The lowest BCUT2D eigenvalue weighted by Crippen LogP contribution is -2.73. The van der Waals surface area contributed by atoms with Crippen LogP contribution in [-0.2, 0) is 19.7 Å². The van der Waals surface area contributed by atoms with Crippen LogP contribution in [0.15, 0.2) is 18.2 Å². The van der Waals surface area contributed by atoms with Gasteiger partial charge >= 0.3 is 5.97 Å². The summed E-state index contributed by atoms with van der Waals surface area (Å²) in [4.78, 5) is 30.1. The summed E-state index contributed by atoms with van der Waals surface area (Å²) in [6, 6.07) is 5.53. The Bertz CT molecular complexity index is 916. The Morgan fingerprint density at radius 3 is 2.96 bits per heavy atom. The van der Waals surface area contributed by atoms with Gasteiger partial charge in [0.05, 0.1) is 23.6 Å². The molecule has 1 saturated carbocycles. The molecular formula is C22H26N2O4. The number of aromatic hydroxyl groups is 1. The van der Waals surface area contributed by atoms with Gasteiger partial charge in [-0.15, -0.1) is 0 Å². The Labute approximate surface area is 164 Å². The molecule has 6 nitrogen and oxygen atoms in total. The maximum absolute atomic E-state index is 13.1. The van der Waals surface area contributed by atoms with Crippen LogP contribution in [0.25, 0.3) is 0 Å². The Morgan fingerprint density at radius 1 is 1.29 bits per heavy atom. The van der Waals surface area contributed by atoms with E-state index in [1.165, 1.54) is 0 Å². The Balaban J connectivity index is 1.68. The highest BCUT2D eigenvalue weighted by Gasteiger charge is 2.82. The first-order valence-corrected chi connectivity index (χ1v) is 10.6. The first-order chi connectivity index (χ1) is 13.5. The van der Waals surface area contributed by atoms with E-state index in [1.807, 2.05) is 17.9 Å². The third kappa shape index (κ3) is 1.52. The maximum Gasteiger partial charge on any atom is 0.308 e. The molecule has 0 radical (unpaired) electrons. The van der Waals surface area contributed by atoms with Crippen LogP contribution in [0.2, 0.25) is 0 Å². The van der Waals surface area contributed by atoms with Crippen molar-refractivity contribution in [2.75, 3.05) is 18.0 Å². The van der Waals surface area contributed by atoms with Crippen LogP contribution in [0.4, 0.5) is 5.69 Å². The number of phenolic OH excluding ortho intramolecular Hbond substituents is 1. The molecule has 148 valence electrons. The second-order valence-electron chi connectivity index (χ2n) is 9.23. The second-order valence-corrected chi connectivity index (χ2v) is 9.23. The summed E-state index contributed by atoms with van der Waals surface area (Å²) < 4.78 is 6.37. The predicted molar refractivity (Wildman–Crippen MR) is 102 cm³/mol. The van der Waals surface area contributed by atoms with Crippen molar-refractivity contribution in [3.63, 3.8) is 0 Å². The molecule has 0 unspecified atom stereocenters. The molecule has 1 aromatic rings. The van der Waals surface area contributed by atoms with Gasteiger partial charge in [0.25, 0.3) is 0 Å². The summed E-state index contributed by atoms with van der Waals surface area (Å²) in [5.41, 5.74) is 0.353. The lowest BCUT2D eigenvalue weighted by Gasteiger charge is -2.61. The lowest BCUT2D eigenvalue weighted by molar-refractivity contribution is -0.230. The molecule has 1 aliphatic carbocycles. The molecule has 1 N–H and O–H groups in total. The lowest BCUT2D eigenvalue weighted by atomic mass is 9.50. The van der Waals surface area contributed by atoms with Crippen molar-refractivity contribution in [2.24, 2.45) is 5.41 Å². The highest BCUT2D eigenvalue weighted by atomic mass is 16.6. The van der Waals surface area contributed by atoms with Gasteiger partial charge in [-0.2, -0.15) is 0 Å². The molecule has 1 aromatic carbocycles. The molecule has 5 aliphatic rings. The van der Waals surface area contributed by atoms with Gasteiger partial charge in [0.1, 0.15) is 5.75 Å². The van der Waals surface area contributed by atoms with E-state index >= 15 is 0 Å². The minimum Gasteiger partial charge on any atom is -0.506 e. The third-order valence-electron chi connectivity index (χ3n) is 8.46. The number of benzene rings is 1. The zero-order chi connectivity index (χ0) is 19.3. The first-order valence-electron chi connectivity index (χ1n) is 10.6. The molecule has 2 spiro atoms. The Morgan fingerprint density at radius 2 is 2.14 bits per heavy atom. The molecule has 4 heterocycles. The molecule has 4 atom stereocenters. The largest absolute Gasteiger partial charge is 0.506 e. The minimum absolute atomic E-state index is 0.0344. The van der Waals surface area contributed by atoms with Gasteiger partial charge in [0, 0.05) is 24.9 Å². The summed E-state index contributed by atoms with van der Waals surface area (Å²) in [5.74, 6) is 0.0894. The van der Waals surface area contributed by atoms with E-state index < -0.39 is 11.1 Å². The molecule has 0 bridgehead atoms. The van der Waals surface area contributed by atoms with Crippen LogP contribution in [0.3, 0.4) is 0 Å². The zero-order valence-corrected chi connectivity index (χ0v) is 16.2. The monoisotopic (exact) mass is 382 g/mol. The van der Waals surface area contributed by atoms with Gasteiger partial charge in [-0.05, 0) is 43.7 Å². The summed E-state index contributed by atoms with van der Waals surface area (Å²) >= 11 is 0.